The van der Waals surface area contributed by atoms with Crippen LogP contribution in [0.2, 0.25) is 0 Å². The van der Waals surface area contributed by atoms with Crippen molar-refractivity contribution >= 4 is 17.4 Å². The molecule has 0 fully saturated rings. The number of anilines is 1. The predicted molar refractivity (Wildman–Crippen MR) is 92.2 cm³/mol. The lowest BCUT2D eigenvalue weighted by molar-refractivity contribution is 0.488. The molecule has 3 aromatic rings. The fraction of sp³-hybridized carbons (Fsp3) is 0.105. The Hall–Kier alpha value is -2.46. The molecule has 0 spiro atoms. The van der Waals surface area contributed by atoms with Crippen molar-refractivity contribution in [2.24, 2.45) is 0 Å². The molecule has 4 rings (SSSR count). The molecular weight excluding hydrogens is 306 g/mol. The fourth-order valence-corrected chi connectivity index (χ4v) is 3.98. The summed E-state index contributed by atoms with van der Waals surface area (Å²) in [6.07, 6.45) is 1.55. The van der Waals surface area contributed by atoms with E-state index in [0.29, 0.717) is 5.56 Å². The van der Waals surface area contributed by atoms with Crippen LogP contribution in [0.15, 0.2) is 79.9 Å². The van der Waals surface area contributed by atoms with Crippen LogP contribution in [0.5, 0.6) is 0 Å². The second kappa shape index (κ2) is 5.63. The van der Waals surface area contributed by atoms with Gasteiger partial charge in [-0.1, -0.05) is 54.2 Å². The SMILES string of the molecule is Cc1coc(=O)c2c1Sc1ccccc1N[C@H]2c1ccccc1. The molecule has 1 aliphatic rings. The molecule has 0 amide bonds. The topological polar surface area (TPSA) is 42.2 Å². The Morgan fingerprint density at radius 1 is 1.04 bits per heavy atom. The van der Waals surface area contributed by atoms with Gasteiger partial charge in [0.2, 0.25) is 0 Å². The van der Waals surface area contributed by atoms with Crippen LogP contribution < -0.4 is 10.9 Å². The number of fused-ring (bicyclic) bond motifs is 2. The molecule has 23 heavy (non-hydrogen) atoms. The average Bonchev–Trinajstić information content (AvgIpc) is 2.77. The zero-order valence-corrected chi connectivity index (χ0v) is 13.4. The monoisotopic (exact) mass is 321 g/mol. The van der Waals surface area contributed by atoms with Crippen molar-refractivity contribution in [3.63, 3.8) is 0 Å². The van der Waals surface area contributed by atoms with Crippen LogP contribution in [-0.4, -0.2) is 0 Å². The number of para-hydroxylation sites is 1. The minimum atomic E-state index is -0.285. The molecule has 0 saturated carbocycles. The van der Waals surface area contributed by atoms with Crippen LogP contribution in [0.25, 0.3) is 0 Å². The van der Waals surface area contributed by atoms with Gasteiger partial charge >= 0.3 is 5.63 Å². The first kappa shape index (κ1) is 14.2. The van der Waals surface area contributed by atoms with Gasteiger partial charge in [0.1, 0.15) is 0 Å². The molecule has 0 radical (unpaired) electrons. The molecule has 0 saturated heterocycles. The van der Waals surface area contributed by atoms with E-state index in [0.717, 1.165) is 26.6 Å². The van der Waals surface area contributed by atoms with Gasteiger partial charge in [0.05, 0.1) is 17.9 Å². The number of hydrogen-bond acceptors (Lipinski definition) is 4. The first-order valence-corrected chi connectivity index (χ1v) is 8.26. The summed E-state index contributed by atoms with van der Waals surface area (Å²) < 4.78 is 5.25. The zero-order chi connectivity index (χ0) is 15.8. The van der Waals surface area contributed by atoms with Gasteiger partial charge in [-0.15, -0.1) is 0 Å². The van der Waals surface area contributed by atoms with E-state index < -0.39 is 0 Å². The highest BCUT2D eigenvalue weighted by molar-refractivity contribution is 7.99. The number of rotatable bonds is 1. The first-order chi connectivity index (χ1) is 11.2. The van der Waals surface area contributed by atoms with Gasteiger partial charge < -0.3 is 9.73 Å². The van der Waals surface area contributed by atoms with Gasteiger partial charge in [0.15, 0.2) is 0 Å². The van der Waals surface area contributed by atoms with E-state index in [1.165, 1.54) is 0 Å². The van der Waals surface area contributed by atoms with Gasteiger partial charge in [0.25, 0.3) is 0 Å². The highest BCUT2D eigenvalue weighted by atomic mass is 32.2. The van der Waals surface area contributed by atoms with Crippen molar-refractivity contribution < 1.29 is 4.42 Å². The van der Waals surface area contributed by atoms with Crippen molar-refractivity contribution in [3.05, 3.63) is 88.0 Å². The first-order valence-electron chi connectivity index (χ1n) is 7.44. The maximum absolute atomic E-state index is 12.5. The molecule has 4 heteroatoms. The minimum absolute atomic E-state index is 0.224. The summed E-state index contributed by atoms with van der Waals surface area (Å²) in [5.41, 5.74) is 3.44. The highest BCUT2D eigenvalue weighted by Gasteiger charge is 2.28. The van der Waals surface area contributed by atoms with Crippen molar-refractivity contribution in [1.29, 1.82) is 0 Å². The average molecular weight is 321 g/mol. The van der Waals surface area contributed by atoms with Gasteiger partial charge in [0, 0.05) is 15.5 Å². The van der Waals surface area contributed by atoms with Gasteiger partial charge in [-0.25, -0.2) is 4.79 Å². The van der Waals surface area contributed by atoms with E-state index in [4.69, 9.17) is 4.42 Å². The van der Waals surface area contributed by atoms with Crippen molar-refractivity contribution in [2.45, 2.75) is 22.8 Å². The Bertz CT molecular complexity index is 918. The Morgan fingerprint density at radius 3 is 2.61 bits per heavy atom. The second-order valence-corrected chi connectivity index (χ2v) is 6.59. The largest absolute Gasteiger partial charge is 0.431 e. The van der Waals surface area contributed by atoms with Gasteiger partial charge in [-0.2, -0.15) is 0 Å². The summed E-state index contributed by atoms with van der Waals surface area (Å²) >= 11 is 1.62. The third-order valence-corrected chi connectivity index (χ3v) is 5.31. The Morgan fingerprint density at radius 2 is 1.78 bits per heavy atom. The number of benzene rings is 2. The molecule has 1 aromatic heterocycles. The number of nitrogens with one attached hydrogen (secondary N) is 1. The number of hydrogen-bond donors (Lipinski definition) is 1. The van der Waals surface area contributed by atoms with E-state index in [2.05, 4.69) is 11.4 Å². The van der Waals surface area contributed by atoms with E-state index in [1.54, 1.807) is 18.0 Å². The summed E-state index contributed by atoms with van der Waals surface area (Å²) in [5.74, 6) is 0. The molecule has 3 nitrogen and oxygen atoms in total. The molecule has 1 aliphatic heterocycles. The molecule has 114 valence electrons. The quantitative estimate of drug-likeness (QED) is 0.710. The van der Waals surface area contributed by atoms with Crippen molar-refractivity contribution in [2.75, 3.05) is 5.32 Å². The van der Waals surface area contributed by atoms with Crippen molar-refractivity contribution in [1.82, 2.24) is 0 Å². The minimum Gasteiger partial charge on any atom is -0.431 e. The van der Waals surface area contributed by atoms with Crippen LogP contribution in [0.1, 0.15) is 22.7 Å². The lowest BCUT2D eigenvalue weighted by Gasteiger charge is -2.19. The smallest absolute Gasteiger partial charge is 0.342 e. The second-order valence-electron chi connectivity index (χ2n) is 5.54. The van der Waals surface area contributed by atoms with E-state index in [9.17, 15) is 4.79 Å². The third-order valence-electron chi connectivity index (χ3n) is 3.99. The Labute approximate surface area is 138 Å². The third kappa shape index (κ3) is 2.45. The maximum Gasteiger partial charge on any atom is 0.342 e. The Balaban J connectivity index is 2.00. The summed E-state index contributed by atoms with van der Waals surface area (Å²) in [5, 5.41) is 3.52. The van der Waals surface area contributed by atoms with E-state index in [-0.39, 0.29) is 11.7 Å². The van der Waals surface area contributed by atoms with Crippen molar-refractivity contribution in [3.8, 4) is 0 Å². The molecular formula is C19H15NO2S. The molecule has 1 N–H and O–H groups in total. The lowest BCUT2D eigenvalue weighted by atomic mass is 9.99. The fourth-order valence-electron chi connectivity index (χ4n) is 2.86. The molecule has 1 atom stereocenters. The van der Waals surface area contributed by atoms with Gasteiger partial charge in [-0.05, 0) is 30.2 Å². The normalized spacial score (nSPS) is 16.0. The van der Waals surface area contributed by atoms with E-state index >= 15 is 0 Å². The maximum atomic E-state index is 12.5. The highest BCUT2D eigenvalue weighted by Crippen LogP contribution is 2.44. The summed E-state index contributed by atoms with van der Waals surface area (Å²) in [7, 11) is 0. The van der Waals surface area contributed by atoms with Crippen LogP contribution in [0, 0.1) is 6.92 Å². The van der Waals surface area contributed by atoms with E-state index in [1.807, 2.05) is 55.5 Å². The summed E-state index contributed by atoms with van der Waals surface area (Å²) in [6, 6.07) is 17.9. The standard InChI is InChI=1S/C19H15NO2S/c1-12-11-22-19(21)16-17(13-7-3-2-4-8-13)20-14-9-5-6-10-15(14)23-18(12)16/h2-11,17,20H,1H3/t17-/m0/s1. The van der Waals surface area contributed by atoms with Gasteiger partial charge in [-0.3, -0.25) is 0 Å². The molecule has 0 bridgehead atoms. The zero-order valence-electron chi connectivity index (χ0n) is 12.6. The number of aryl methyl sites for hydroxylation is 1. The summed E-state index contributed by atoms with van der Waals surface area (Å²) in [6.45, 7) is 1.98. The molecule has 2 heterocycles. The molecule has 0 unspecified atom stereocenters. The molecule has 2 aromatic carbocycles. The van der Waals surface area contributed by atoms with Crippen LogP contribution in [0.4, 0.5) is 5.69 Å². The Kier molecular flexibility index (Phi) is 3.46. The van der Waals surface area contributed by atoms with Crippen LogP contribution in [0.3, 0.4) is 0 Å². The summed E-state index contributed by atoms with van der Waals surface area (Å²) in [4.78, 5) is 14.6. The van der Waals surface area contributed by atoms with Crippen LogP contribution >= 0.6 is 11.8 Å². The predicted octanol–water partition coefficient (Wildman–Crippen LogP) is 4.61. The lowest BCUT2D eigenvalue weighted by Crippen LogP contribution is -2.20. The molecule has 0 aliphatic carbocycles. The van der Waals surface area contributed by atoms with Crippen LogP contribution in [-0.2, 0) is 0 Å².